The second-order valence-corrected chi connectivity index (χ2v) is 9.90. The lowest BCUT2D eigenvalue weighted by molar-refractivity contribution is -0.125. The minimum absolute atomic E-state index is 0.0595. The highest BCUT2D eigenvalue weighted by molar-refractivity contribution is 5.98. The van der Waals surface area contributed by atoms with Crippen LogP contribution in [0.15, 0.2) is 60.7 Å². The fraction of sp³-hybridized carbons (Fsp3) is 0.379. The van der Waals surface area contributed by atoms with Crippen molar-refractivity contribution in [3.05, 3.63) is 77.5 Å². The maximum atomic E-state index is 13.4. The molecule has 1 aromatic heterocycles. The average Bonchev–Trinajstić information content (AvgIpc) is 3.49. The van der Waals surface area contributed by atoms with Crippen molar-refractivity contribution in [1.82, 2.24) is 20.0 Å². The van der Waals surface area contributed by atoms with Crippen molar-refractivity contribution in [2.24, 2.45) is 5.92 Å². The lowest BCUT2D eigenvalue weighted by atomic mass is 9.84. The van der Waals surface area contributed by atoms with Crippen LogP contribution in [0.4, 0.5) is 5.82 Å². The molecule has 3 aromatic rings. The quantitative estimate of drug-likeness (QED) is 0.482. The summed E-state index contributed by atoms with van der Waals surface area (Å²) in [5.41, 5.74) is 8.61. The van der Waals surface area contributed by atoms with Crippen LogP contribution in [0.3, 0.4) is 0 Å². The first-order valence-corrected chi connectivity index (χ1v) is 13.1. The topological polar surface area (TPSA) is 117 Å². The van der Waals surface area contributed by atoms with Gasteiger partial charge >= 0.3 is 0 Å². The summed E-state index contributed by atoms with van der Waals surface area (Å²) in [6.45, 7) is 0.432. The number of nitrogens with two attached hydrogens (primary N) is 1. The van der Waals surface area contributed by atoms with E-state index in [2.05, 4.69) is 16.5 Å². The van der Waals surface area contributed by atoms with Crippen LogP contribution in [0, 0.1) is 17.2 Å². The molecule has 1 saturated carbocycles. The van der Waals surface area contributed by atoms with Crippen LogP contribution in [0.5, 0.6) is 0 Å². The Balaban J connectivity index is 1.24. The third-order valence-electron chi connectivity index (χ3n) is 7.64. The van der Waals surface area contributed by atoms with E-state index in [0.717, 1.165) is 31.4 Å². The normalized spacial score (nSPS) is 20.7. The number of nitriles is 1. The molecule has 1 aliphatic carbocycles. The van der Waals surface area contributed by atoms with Crippen molar-refractivity contribution in [3.63, 3.8) is 0 Å². The molecule has 0 bridgehead atoms. The molecule has 2 heterocycles. The van der Waals surface area contributed by atoms with Crippen molar-refractivity contribution in [2.45, 2.75) is 57.0 Å². The zero-order valence-electron chi connectivity index (χ0n) is 20.8. The Morgan fingerprint density at radius 1 is 1.05 bits per heavy atom. The number of aryl methyl sites for hydroxylation is 1. The molecule has 3 unspecified atom stereocenters. The summed E-state index contributed by atoms with van der Waals surface area (Å²) in [5.74, 6) is 0.529. The zero-order chi connectivity index (χ0) is 25.8. The number of nitrogens with one attached hydrogen (secondary N) is 1. The van der Waals surface area contributed by atoms with E-state index in [1.54, 1.807) is 4.68 Å². The number of anilines is 1. The van der Waals surface area contributed by atoms with Gasteiger partial charge in [-0.3, -0.25) is 9.59 Å². The number of nitrogen functional groups attached to an aromatic ring is 1. The molecule has 0 radical (unpaired) electrons. The smallest absolute Gasteiger partial charge is 0.254 e. The van der Waals surface area contributed by atoms with Gasteiger partial charge in [-0.1, -0.05) is 49.2 Å². The molecule has 190 valence electrons. The third kappa shape index (κ3) is 4.94. The van der Waals surface area contributed by atoms with Crippen molar-refractivity contribution >= 4 is 17.6 Å². The minimum atomic E-state index is -0.455. The van der Waals surface area contributed by atoms with Crippen molar-refractivity contribution in [2.75, 3.05) is 12.3 Å². The summed E-state index contributed by atoms with van der Waals surface area (Å²) >= 11 is 0. The Hall–Kier alpha value is -4.12. The van der Waals surface area contributed by atoms with Gasteiger partial charge in [0, 0.05) is 18.2 Å². The number of fused-ring (bicyclic) bond motifs is 1. The summed E-state index contributed by atoms with van der Waals surface area (Å²) in [4.78, 5) is 28.6. The van der Waals surface area contributed by atoms with Gasteiger partial charge in [0.15, 0.2) is 0 Å². The van der Waals surface area contributed by atoms with Crippen LogP contribution in [-0.4, -0.2) is 45.1 Å². The Labute approximate surface area is 217 Å². The fourth-order valence-electron chi connectivity index (χ4n) is 5.84. The molecular formula is C29H32N6O2. The average molecular weight is 497 g/mol. The standard InChI is InChI=1S/C29H32N6O2/c30-19-23-24(33-35(27(23)31)22-13-5-2-6-14-22)15-9-17-32-28(36)26-18-21-12-7-8-16-25(21)34(26)29(37)20-10-3-1-4-11-20/h1-6,10-11,13-14,21,25-26H,7-9,12,15-18,31H2,(H,32,36). The van der Waals surface area contributed by atoms with Gasteiger partial charge in [-0.05, 0) is 62.3 Å². The Morgan fingerprint density at radius 3 is 2.49 bits per heavy atom. The Morgan fingerprint density at radius 2 is 1.76 bits per heavy atom. The first kappa shape index (κ1) is 24.6. The first-order chi connectivity index (χ1) is 18.1. The zero-order valence-corrected chi connectivity index (χ0v) is 20.8. The van der Waals surface area contributed by atoms with Gasteiger partial charge in [-0.15, -0.1) is 0 Å². The maximum absolute atomic E-state index is 13.4. The van der Waals surface area contributed by atoms with E-state index < -0.39 is 6.04 Å². The number of hydrogen-bond donors (Lipinski definition) is 2. The van der Waals surface area contributed by atoms with Crippen LogP contribution < -0.4 is 11.1 Å². The number of amides is 2. The predicted molar refractivity (Wildman–Crippen MR) is 141 cm³/mol. The molecule has 2 fully saturated rings. The highest BCUT2D eigenvalue weighted by Crippen LogP contribution is 2.40. The van der Waals surface area contributed by atoms with Crippen molar-refractivity contribution < 1.29 is 9.59 Å². The lowest BCUT2D eigenvalue weighted by Crippen LogP contribution is -2.49. The van der Waals surface area contributed by atoms with Gasteiger partial charge < -0.3 is 16.0 Å². The van der Waals surface area contributed by atoms with Gasteiger partial charge in [0.1, 0.15) is 23.5 Å². The van der Waals surface area contributed by atoms with E-state index in [4.69, 9.17) is 5.73 Å². The van der Waals surface area contributed by atoms with Crippen molar-refractivity contribution in [3.8, 4) is 11.8 Å². The third-order valence-corrected chi connectivity index (χ3v) is 7.64. The second-order valence-electron chi connectivity index (χ2n) is 9.90. The summed E-state index contributed by atoms with van der Waals surface area (Å²) in [6, 6.07) is 20.6. The molecule has 5 rings (SSSR count). The van der Waals surface area contributed by atoms with Crippen LogP contribution >= 0.6 is 0 Å². The Bertz CT molecular complexity index is 1300. The van der Waals surface area contributed by atoms with Gasteiger partial charge in [0.2, 0.25) is 5.91 Å². The number of para-hydroxylation sites is 1. The maximum Gasteiger partial charge on any atom is 0.254 e. The molecule has 2 amide bonds. The lowest BCUT2D eigenvalue weighted by Gasteiger charge is -2.33. The molecular weight excluding hydrogens is 464 g/mol. The molecule has 8 nitrogen and oxygen atoms in total. The number of hydrogen-bond acceptors (Lipinski definition) is 5. The summed E-state index contributed by atoms with van der Waals surface area (Å²) in [5, 5.41) is 17.3. The number of aromatic nitrogens is 2. The van der Waals surface area contributed by atoms with E-state index in [-0.39, 0.29) is 17.9 Å². The number of likely N-dealkylation sites (tertiary alicyclic amines) is 1. The number of nitrogens with zero attached hydrogens (tertiary/aromatic N) is 4. The molecule has 1 saturated heterocycles. The van der Waals surface area contributed by atoms with Gasteiger partial charge in [-0.25, -0.2) is 4.68 Å². The first-order valence-electron chi connectivity index (χ1n) is 13.1. The molecule has 0 spiro atoms. The van der Waals surface area contributed by atoms with Crippen LogP contribution in [0.25, 0.3) is 5.69 Å². The van der Waals surface area contributed by atoms with Crippen LogP contribution in [0.2, 0.25) is 0 Å². The number of rotatable bonds is 7. The monoisotopic (exact) mass is 496 g/mol. The molecule has 37 heavy (non-hydrogen) atoms. The molecule has 3 atom stereocenters. The number of carbonyl (C=O) groups excluding carboxylic acids is 2. The summed E-state index contributed by atoms with van der Waals surface area (Å²) in [6.07, 6.45) is 6.10. The summed E-state index contributed by atoms with van der Waals surface area (Å²) in [7, 11) is 0. The molecule has 2 aliphatic rings. The van der Waals surface area contributed by atoms with Crippen LogP contribution in [-0.2, 0) is 11.2 Å². The van der Waals surface area contributed by atoms with E-state index in [9.17, 15) is 14.9 Å². The number of carbonyl (C=O) groups is 2. The van der Waals surface area contributed by atoms with E-state index in [1.807, 2.05) is 65.6 Å². The van der Waals surface area contributed by atoms with E-state index >= 15 is 0 Å². The highest BCUT2D eigenvalue weighted by Gasteiger charge is 2.47. The van der Waals surface area contributed by atoms with Gasteiger partial charge in [-0.2, -0.15) is 10.4 Å². The number of benzene rings is 2. The molecule has 2 aromatic carbocycles. The second kappa shape index (κ2) is 10.9. The molecule has 3 N–H and O–H groups in total. The van der Waals surface area contributed by atoms with Crippen molar-refractivity contribution in [1.29, 1.82) is 5.26 Å². The van der Waals surface area contributed by atoms with E-state index in [1.165, 1.54) is 0 Å². The molecule has 1 aliphatic heterocycles. The summed E-state index contributed by atoms with van der Waals surface area (Å²) < 4.78 is 1.58. The fourth-order valence-corrected chi connectivity index (χ4v) is 5.84. The minimum Gasteiger partial charge on any atom is -0.382 e. The largest absolute Gasteiger partial charge is 0.382 e. The van der Waals surface area contributed by atoms with Crippen LogP contribution in [0.1, 0.15) is 60.1 Å². The van der Waals surface area contributed by atoms with Gasteiger partial charge in [0.25, 0.3) is 5.91 Å². The molecule has 8 heteroatoms. The Kier molecular flexibility index (Phi) is 7.22. The SMILES string of the molecule is N#Cc1c(CCCNC(=O)C2CC3CCCCC3N2C(=O)c2ccccc2)nn(-c2ccccc2)c1N. The van der Waals surface area contributed by atoms with E-state index in [0.29, 0.717) is 54.4 Å². The van der Waals surface area contributed by atoms with Gasteiger partial charge in [0.05, 0.1) is 11.4 Å². The predicted octanol–water partition coefficient (Wildman–Crippen LogP) is 3.85. The highest BCUT2D eigenvalue weighted by atomic mass is 16.2.